The minimum atomic E-state index is -1.03. The Hall–Kier alpha value is -3.16. The number of hydrogen-bond donors (Lipinski definition) is 1. The second-order valence-corrected chi connectivity index (χ2v) is 7.52. The van der Waals surface area contributed by atoms with E-state index >= 15 is 0 Å². The van der Waals surface area contributed by atoms with Crippen molar-refractivity contribution in [3.05, 3.63) is 54.1 Å². The molecule has 2 aromatic carbocycles. The first-order chi connectivity index (χ1) is 14.5. The number of benzene rings is 2. The number of amides is 2. The summed E-state index contributed by atoms with van der Waals surface area (Å²) in [6, 6.07) is 10.4. The lowest BCUT2D eigenvalue weighted by Gasteiger charge is -2.38. The average Bonchev–Trinajstić information content (AvgIpc) is 2.76. The van der Waals surface area contributed by atoms with Crippen LogP contribution in [0.2, 0.25) is 0 Å². The first-order valence-electron chi connectivity index (χ1n) is 10.1. The molecule has 0 aromatic heterocycles. The fraction of sp³-hybridized carbons (Fsp3) is 0.364. The Kier molecular flexibility index (Phi) is 5.83. The maximum absolute atomic E-state index is 13.4. The fourth-order valence-electron chi connectivity index (χ4n) is 3.85. The lowest BCUT2D eigenvalue weighted by molar-refractivity contribution is -0.139. The van der Waals surface area contributed by atoms with E-state index in [2.05, 4.69) is 5.32 Å². The van der Waals surface area contributed by atoms with Crippen molar-refractivity contribution in [2.45, 2.75) is 25.4 Å². The molecule has 158 valence electrons. The number of likely N-dealkylation sites (tertiary alicyclic amines) is 1. The van der Waals surface area contributed by atoms with Crippen molar-refractivity contribution in [3.63, 3.8) is 0 Å². The zero-order valence-corrected chi connectivity index (χ0v) is 16.4. The Balaban J connectivity index is 1.48. The van der Waals surface area contributed by atoms with Gasteiger partial charge in [-0.2, -0.15) is 0 Å². The molecule has 1 atom stereocenters. The Morgan fingerprint density at radius 2 is 1.80 bits per heavy atom. The summed E-state index contributed by atoms with van der Waals surface area (Å²) in [4.78, 5) is 29.1. The van der Waals surface area contributed by atoms with E-state index in [0.29, 0.717) is 11.4 Å². The van der Waals surface area contributed by atoms with Gasteiger partial charge in [0.25, 0.3) is 5.91 Å². The van der Waals surface area contributed by atoms with Gasteiger partial charge in [-0.1, -0.05) is 12.1 Å². The molecule has 0 saturated carbocycles. The number of rotatable bonds is 4. The zero-order valence-electron chi connectivity index (χ0n) is 16.4. The molecule has 2 amide bonds. The Morgan fingerprint density at radius 3 is 2.57 bits per heavy atom. The smallest absolute Gasteiger partial charge is 0.265 e. The number of nitrogens with zero attached hydrogens (tertiary/aromatic N) is 2. The van der Waals surface area contributed by atoms with Crippen LogP contribution in [0.4, 0.5) is 20.2 Å². The van der Waals surface area contributed by atoms with E-state index in [1.54, 1.807) is 11.0 Å². The van der Waals surface area contributed by atoms with Gasteiger partial charge in [-0.3, -0.25) is 9.59 Å². The Morgan fingerprint density at radius 1 is 1.03 bits per heavy atom. The lowest BCUT2D eigenvalue weighted by Crippen LogP contribution is -2.52. The van der Waals surface area contributed by atoms with Gasteiger partial charge in [0.05, 0.1) is 18.8 Å². The van der Waals surface area contributed by atoms with Crippen LogP contribution in [0.3, 0.4) is 0 Å². The number of anilines is 2. The van der Waals surface area contributed by atoms with Crippen LogP contribution in [0.15, 0.2) is 42.5 Å². The standard InChI is InChI=1S/C22H23F2N3O3/c23-16-9-8-15(12-17(16)24)25-21(28)14-27-13-20(22(29)26-10-4-1-5-11-26)30-19-7-3-2-6-18(19)27/h2-3,6-9,12,20H,1,4-5,10-11,13-14H2,(H,25,28)/t20-/m0/s1. The number of fused-ring (bicyclic) bond motifs is 1. The first-order valence-corrected chi connectivity index (χ1v) is 10.1. The van der Waals surface area contributed by atoms with E-state index in [9.17, 15) is 18.4 Å². The highest BCUT2D eigenvalue weighted by Gasteiger charge is 2.34. The van der Waals surface area contributed by atoms with Crippen molar-refractivity contribution < 1.29 is 23.1 Å². The lowest BCUT2D eigenvalue weighted by atomic mass is 10.1. The molecule has 1 fully saturated rings. The summed E-state index contributed by atoms with van der Waals surface area (Å²) >= 11 is 0. The number of carbonyl (C=O) groups excluding carboxylic acids is 2. The van der Waals surface area contributed by atoms with Gasteiger partial charge in [-0.15, -0.1) is 0 Å². The number of hydrogen-bond acceptors (Lipinski definition) is 4. The first kappa shape index (κ1) is 20.1. The minimum absolute atomic E-state index is 0.0524. The van der Waals surface area contributed by atoms with E-state index < -0.39 is 23.6 Å². The summed E-state index contributed by atoms with van der Waals surface area (Å²) < 4.78 is 32.5. The predicted octanol–water partition coefficient (Wildman–Crippen LogP) is 3.18. The van der Waals surface area contributed by atoms with Crippen molar-refractivity contribution in [2.24, 2.45) is 0 Å². The summed E-state index contributed by atoms with van der Waals surface area (Å²) in [5, 5.41) is 2.57. The summed E-state index contributed by atoms with van der Waals surface area (Å²) in [7, 11) is 0. The molecule has 0 spiro atoms. The van der Waals surface area contributed by atoms with Crippen LogP contribution in [0.25, 0.3) is 0 Å². The highest BCUT2D eigenvalue weighted by molar-refractivity contribution is 5.95. The number of ether oxygens (including phenoxy) is 1. The molecule has 1 saturated heterocycles. The van der Waals surface area contributed by atoms with Gasteiger partial charge in [-0.25, -0.2) is 8.78 Å². The van der Waals surface area contributed by atoms with Gasteiger partial charge in [-0.05, 0) is 43.5 Å². The van der Waals surface area contributed by atoms with Gasteiger partial charge in [0.2, 0.25) is 5.91 Å². The van der Waals surface area contributed by atoms with Crippen LogP contribution < -0.4 is 15.0 Å². The molecule has 2 heterocycles. The van der Waals surface area contributed by atoms with Crippen molar-refractivity contribution in [3.8, 4) is 5.75 Å². The Bertz CT molecular complexity index is 947. The third kappa shape index (κ3) is 4.37. The second-order valence-electron chi connectivity index (χ2n) is 7.52. The second kappa shape index (κ2) is 8.69. The summed E-state index contributed by atoms with van der Waals surface area (Å²) in [6.07, 6.45) is 2.38. The highest BCUT2D eigenvalue weighted by Crippen LogP contribution is 2.33. The molecule has 4 rings (SSSR count). The monoisotopic (exact) mass is 415 g/mol. The Labute approximate surface area is 173 Å². The number of piperidine rings is 1. The van der Waals surface area contributed by atoms with E-state index in [-0.39, 0.29) is 24.7 Å². The van der Waals surface area contributed by atoms with Gasteiger partial charge in [0.1, 0.15) is 5.75 Å². The molecule has 30 heavy (non-hydrogen) atoms. The van der Waals surface area contributed by atoms with E-state index in [4.69, 9.17) is 4.74 Å². The van der Waals surface area contributed by atoms with Crippen LogP contribution in [0.5, 0.6) is 5.75 Å². The van der Waals surface area contributed by atoms with E-state index in [1.165, 1.54) is 6.07 Å². The molecule has 2 aliphatic rings. The largest absolute Gasteiger partial charge is 0.477 e. The third-order valence-electron chi connectivity index (χ3n) is 5.34. The van der Waals surface area contributed by atoms with Gasteiger partial charge < -0.3 is 19.9 Å². The maximum atomic E-state index is 13.4. The SMILES string of the molecule is O=C(CN1C[C@@H](C(=O)N2CCCCC2)Oc2ccccc21)Nc1ccc(F)c(F)c1. The molecule has 0 bridgehead atoms. The molecule has 8 heteroatoms. The number of halogens is 2. The molecular weight excluding hydrogens is 392 g/mol. The molecule has 2 aliphatic heterocycles. The molecule has 0 radical (unpaired) electrons. The summed E-state index contributed by atoms with van der Waals surface area (Å²) in [6.45, 7) is 1.62. The fourth-order valence-corrected chi connectivity index (χ4v) is 3.85. The quantitative estimate of drug-likeness (QED) is 0.833. The zero-order chi connectivity index (χ0) is 21.1. The number of para-hydroxylation sites is 2. The van der Waals surface area contributed by atoms with Crippen LogP contribution in [-0.4, -0.2) is 49.0 Å². The normalized spacial score (nSPS) is 18.4. The van der Waals surface area contributed by atoms with Crippen LogP contribution in [0.1, 0.15) is 19.3 Å². The van der Waals surface area contributed by atoms with Gasteiger partial charge >= 0.3 is 0 Å². The number of nitrogens with one attached hydrogen (secondary N) is 1. The summed E-state index contributed by atoms with van der Waals surface area (Å²) in [5.41, 5.74) is 0.877. The van der Waals surface area contributed by atoms with E-state index in [1.807, 2.05) is 23.1 Å². The van der Waals surface area contributed by atoms with E-state index in [0.717, 1.165) is 44.5 Å². The molecule has 1 N–H and O–H groups in total. The molecule has 0 aliphatic carbocycles. The molecular formula is C22H23F2N3O3. The van der Waals surface area contributed by atoms with Gasteiger partial charge in [0, 0.05) is 24.8 Å². The summed E-state index contributed by atoms with van der Waals surface area (Å²) in [5.74, 6) is -1.94. The van der Waals surface area contributed by atoms with Crippen LogP contribution >= 0.6 is 0 Å². The highest BCUT2D eigenvalue weighted by atomic mass is 19.2. The predicted molar refractivity (Wildman–Crippen MR) is 108 cm³/mol. The van der Waals surface area contributed by atoms with Crippen molar-refractivity contribution in [2.75, 3.05) is 36.4 Å². The van der Waals surface area contributed by atoms with Crippen molar-refractivity contribution in [1.82, 2.24) is 4.90 Å². The van der Waals surface area contributed by atoms with Crippen molar-refractivity contribution >= 4 is 23.2 Å². The van der Waals surface area contributed by atoms with Crippen LogP contribution in [-0.2, 0) is 9.59 Å². The third-order valence-corrected chi connectivity index (χ3v) is 5.34. The molecule has 2 aromatic rings. The average molecular weight is 415 g/mol. The van der Waals surface area contributed by atoms with Crippen LogP contribution in [0, 0.1) is 11.6 Å². The maximum Gasteiger partial charge on any atom is 0.265 e. The van der Waals surface area contributed by atoms with Gasteiger partial charge in [0.15, 0.2) is 17.7 Å². The minimum Gasteiger partial charge on any atom is -0.477 e. The molecule has 0 unspecified atom stereocenters. The molecule has 6 nitrogen and oxygen atoms in total. The number of carbonyl (C=O) groups is 2. The topological polar surface area (TPSA) is 61.9 Å². The van der Waals surface area contributed by atoms with Crippen molar-refractivity contribution in [1.29, 1.82) is 0 Å².